The molecule has 1 atom stereocenters. The first-order valence-electron chi connectivity index (χ1n) is 14.0. The number of hydrogen-bond donors (Lipinski definition) is 1. The number of rotatable bonds is 10. The standard InChI is InChI=1S/C31H37N3O4S/c1-3-26(31(36)32-25-14-4-5-15-25)33(21-23-11-6-10-22(2)20-23)29(35)18-9-19-34-27-16-7-12-24-13-8-17-28(30(24)27)39(34,37)38/h6-8,10-13,16-17,20,25-26H,3-5,9,14-15,18-19,21H2,1-2H3,(H,32,36)/t26-/m0/s1. The van der Waals surface area contributed by atoms with Gasteiger partial charge >= 0.3 is 0 Å². The normalized spacial score (nSPS) is 16.9. The lowest BCUT2D eigenvalue weighted by Crippen LogP contribution is -2.51. The van der Waals surface area contributed by atoms with Crippen LogP contribution in [0.3, 0.4) is 0 Å². The van der Waals surface area contributed by atoms with E-state index >= 15 is 0 Å². The summed E-state index contributed by atoms with van der Waals surface area (Å²) in [4.78, 5) is 29.0. The van der Waals surface area contributed by atoms with E-state index in [0.29, 0.717) is 30.0 Å². The summed E-state index contributed by atoms with van der Waals surface area (Å²) in [7, 11) is -3.67. The third kappa shape index (κ3) is 5.53. The Labute approximate surface area is 231 Å². The van der Waals surface area contributed by atoms with Gasteiger partial charge in [0.2, 0.25) is 11.8 Å². The van der Waals surface area contributed by atoms with Crippen molar-refractivity contribution in [3.63, 3.8) is 0 Å². The van der Waals surface area contributed by atoms with E-state index in [9.17, 15) is 18.0 Å². The van der Waals surface area contributed by atoms with E-state index in [1.54, 1.807) is 17.0 Å². The fraction of sp³-hybridized carbons (Fsp3) is 0.419. The molecule has 0 radical (unpaired) electrons. The number of anilines is 1. The minimum absolute atomic E-state index is 0.102. The molecule has 0 unspecified atom stereocenters. The monoisotopic (exact) mass is 547 g/mol. The van der Waals surface area contributed by atoms with Crippen LogP contribution in [-0.2, 0) is 26.2 Å². The first kappa shape index (κ1) is 27.2. The van der Waals surface area contributed by atoms with E-state index in [1.165, 1.54) is 4.31 Å². The zero-order chi connectivity index (χ0) is 27.6. The fourth-order valence-corrected chi connectivity index (χ4v) is 7.76. The number of benzene rings is 3. The Kier molecular flexibility index (Phi) is 7.93. The molecule has 206 valence electrons. The van der Waals surface area contributed by atoms with Crippen molar-refractivity contribution >= 4 is 38.3 Å². The summed E-state index contributed by atoms with van der Waals surface area (Å²) in [5.74, 6) is -0.244. The molecule has 1 saturated carbocycles. The van der Waals surface area contributed by atoms with E-state index in [0.717, 1.165) is 47.6 Å². The molecule has 3 aromatic carbocycles. The summed E-state index contributed by atoms with van der Waals surface area (Å²) in [6.45, 7) is 4.48. The summed E-state index contributed by atoms with van der Waals surface area (Å²) < 4.78 is 28.1. The average Bonchev–Trinajstić information content (AvgIpc) is 3.50. The highest BCUT2D eigenvalue weighted by molar-refractivity contribution is 7.93. The Morgan fingerprint density at radius 3 is 2.49 bits per heavy atom. The van der Waals surface area contributed by atoms with Crippen LogP contribution in [-0.4, -0.2) is 43.8 Å². The van der Waals surface area contributed by atoms with E-state index in [2.05, 4.69) is 5.32 Å². The lowest BCUT2D eigenvalue weighted by atomic mass is 10.1. The van der Waals surface area contributed by atoms with Crippen LogP contribution in [0.2, 0.25) is 0 Å². The number of aryl methyl sites for hydroxylation is 1. The zero-order valence-corrected chi connectivity index (χ0v) is 23.5. The molecule has 0 saturated heterocycles. The van der Waals surface area contributed by atoms with Crippen LogP contribution in [0.4, 0.5) is 5.69 Å². The Balaban J connectivity index is 1.32. The first-order chi connectivity index (χ1) is 18.8. The molecule has 8 heteroatoms. The van der Waals surface area contributed by atoms with Crippen molar-refractivity contribution in [2.24, 2.45) is 0 Å². The minimum Gasteiger partial charge on any atom is -0.352 e. The van der Waals surface area contributed by atoms with Gasteiger partial charge in [0.05, 0.1) is 10.6 Å². The van der Waals surface area contributed by atoms with Gasteiger partial charge in [0.15, 0.2) is 0 Å². The van der Waals surface area contributed by atoms with Crippen LogP contribution in [0.25, 0.3) is 10.8 Å². The number of carbonyl (C=O) groups excluding carboxylic acids is 2. The number of amides is 2. The van der Waals surface area contributed by atoms with Gasteiger partial charge in [-0.1, -0.05) is 73.9 Å². The molecular weight excluding hydrogens is 510 g/mol. The van der Waals surface area contributed by atoms with Crippen LogP contribution >= 0.6 is 0 Å². The van der Waals surface area contributed by atoms with Crippen LogP contribution in [0.15, 0.2) is 65.6 Å². The lowest BCUT2D eigenvalue weighted by Gasteiger charge is -2.32. The van der Waals surface area contributed by atoms with Gasteiger partial charge in [0.1, 0.15) is 6.04 Å². The second-order valence-corrected chi connectivity index (χ2v) is 12.6. The van der Waals surface area contributed by atoms with Crippen molar-refractivity contribution in [2.75, 3.05) is 10.8 Å². The summed E-state index contributed by atoms with van der Waals surface area (Å²) >= 11 is 0. The van der Waals surface area contributed by atoms with Gasteiger partial charge in [-0.05, 0) is 55.7 Å². The van der Waals surface area contributed by atoms with Crippen molar-refractivity contribution in [1.82, 2.24) is 10.2 Å². The fourth-order valence-electron chi connectivity index (χ4n) is 6.01. The van der Waals surface area contributed by atoms with Gasteiger partial charge in [0.25, 0.3) is 10.0 Å². The molecule has 5 rings (SSSR count). The molecule has 1 heterocycles. The molecule has 2 aliphatic rings. The third-order valence-electron chi connectivity index (χ3n) is 7.96. The number of carbonyl (C=O) groups is 2. The minimum atomic E-state index is -3.67. The quantitative estimate of drug-likeness (QED) is 0.373. The Hall–Kier alpha value is -3.39. The van der Waals surface area contributed by atoms with E-state index in [1.807, 2.05) is 62.4 Å². The van der Waals surface area contributed by atoms with Gasteiger partial charge in [0, 0.05) is 30.9 Å². The second-order valence-electron chi connectivity index (χ2n) is 10.7. The lowest BCUT2D eigenvalue weighted by molar-refractivity contribution is -0.141. The second kappa shape index (κ2) is 11.4. The van der Waals surface area contributed by atoms with Crippen LogP contribution in [0.1, 0.15) is 63.0 Å². The largest absolute Gasteiger partial charge is 0.352 e. The van der Waals surface area contributed by atoms with Gasteiger partial charge in [-0.25, -0.2) is 8.42 Å². The Bertz CT molecular complexity index is 1470. The maximum absolute atomic E-state index is 13.7. The molecule has 39 heavy (non-hydrogen) atoms. The first-order valence-corrected chi connectivity index (χ1v) is 15.4. The molecule has 3 aromatic rings. The van der Waals surface area contributed by atoms with Gasteiger partial charge < -0.3 is 10.2 Å². The van der Waals surface area contributed by atoms with Crippen molar-refractivity contribution in [3.8, 4) is 0 Å². The molecule has 1 aliphatic carbocycles. The van der Waals surface area contributed by atoms with E-state index < -0.39 is 16.1 Å². The zero-order valence-electron chi connectivity index (χ0n) is 22.7. The highest BCUT2D eigenvalue weighted by atomic mass is 32.2. The van der Waals surface area contributed by atoms with Crippen molar-refractivity contribution in [3.05, 3.63) is 71.8 Å². The van der Waals surface area contributed by atoms with E-state index in [-0.39, 0.29) is 30.8 Å². The molecule has 1 aliphatic heterocycles. The molecular formula is C31H37N3O4S. The molecule has 0 aromatic heterocycles. The highest BCUT2D eigenvalue weighted by Gasteiger charge is 2.36. The molecule has 2 amide bonds. The topological polar surface area (TPSA) is 86.8 Å². The van der Waals surface area contributed by atoms with Gasteiger partial charge in [-0.2, -0.15) is 0 Å². The number of nitrogens with zero attached hydrogens (tertiary/aromatic N) is 2. The van der Waals surface area contributed by atoms with Crippen LogP contribution in [0, 0.1) is 6.92 Å². The molecule has 1 N–H and O–H groups in total. The molecule has 7 nitrogen and oxygen atoms in total. The average molecular weight is 548 g/mol. The summed E-state index contributed by atoms with van der Waals surface area (Å²) in [6.07, 6.45) is 5.20. The summed E-state index contributed by atoms with van der Waals surface area (Å²) in [5, 5.41) is 4.80. The Morgan fingerprint density at radius 2 is 1.77 bits per heavy atom. The highest BCUT2D eigenvalue weighted by Crippen LogP contribution is 2.42. The Morgan fingerprint density at radius 1 is 1.05 bits per heavy atom. The van der Waals surface area contributed by atoms with Gasteiger partial charge in [-0.3, -0.25) is 13.9 Å². The SMILES string of the molecule is CC[C@@H](C(=O)NC1CCCC1)N(Cc1cccc(C)c1)C(=O)CCCN1c2cccc3cccc(c23)S1(=O)=O. The van der Waals surface area contributed by atoms with E-state index in [4.69, 9.17) is 0 Å². The molecule has 0 bridgehead atoms. The predicted molar refractivity (Wildman–Crippen MR) is 154 cm³/mol. The third-order valence-corrected chi connectivity index (χ3v) is 9.81. The number of hydrogen-bond acceptors (Lipinski definition) is 4. The van der Waals surface area contributed by atoms with Crippen molar-refractivity contribution in [1.29, 1.82) is 0 Å². The van der Waals surface area contributed by atoms with Crippen LogP contribution in [0.5, 0.6) is 0 Å². The van der Waals surface area contributed by atoms with Crippen LogP contribution < -0.4 is 9.62 Å². The molecule has 0 spiro atoms. The molecule has 1 fully saturated rings. The maximum Gasteiger partial charge on any atom is 0.265 e. The maximum atomic E-state index is 13.7. The smallest absolute Gasteiger partial charge is 0.265 e. The van der Waals surface area contributed by atoms with Crippen molar-refractivity contribution in [2.45, 2.75) is 82.3 Å². The summed E-state index contributed by atoms with van der Waals surface area (Å²) in [5.41, 5.74) is 2.73. The van der Waals surface area contributed by atoms with Gasteiger partial charge in [-0.15, -0.1) is 0 Å². The summed E-state index contributed by atoms with van der Waals surface area (Å²) in [6, 6.07) is 18.5. The van der Waals surface area contributed by atoms with Crippen molar-refractivity contribution < 1.29 is 18.0 Å². The predicted octanol–water partition coefficient (Wildman–Crippen LogP) is 5.30. The number of sulfonamides is 1. The number of nitrogens with one attached hydrogen (secondary N) is 1.